The Bertz CT molecular complexity index is 507. The van der Waals surface area contributed by atoms with Gasteiger partial charge >= 0.3 is 0 Å². The maximum atomic E-state index is 12.0. The summed E-state index contributed by atoms with van der Waals surface area (Å²) in [4.78, 5) is 14.1. The van der Waals surface area contributed by atoms with Crippen LogP contribution in [0, 0.1) is 11.3 Å². The lowest BCUT2D eigenvalue weighted by atomic mass is 10.2. The molecule has 1 aliphatic rings. The highest BCUT2D eigenvalue weighted by molar-refractivity contribution is 5.92. The van der Waals surface area contributed by atoms with Crippen molar-refractivity contribution in [1.82, 2.24) is 4.90 Å². The Hall–Kier alpha value is -1.90. The number of morpholine rings is 1. The summed E-state index contributed by atoms with van der Waals surface area (Å²) in [5.74, 6) is -0.0457. The van der Waals surface area contributed by atoms with Crippen molar-refractivity contribution < 1.29 is 9.53 Å². The summed E-state index contributed by atoms with van der Waals surface area (Å²) in [6.07, 6.45) is 0.161. The molecule has 2 atom stereocenters. The minimum atomic E-state index is -0.0457. The van der Waals surface area contributed by atoms with Crippen molar-refractivity contribution >= 4 is 11.6 Å². The molecule has 20 heavy (non-hydrogen) atoms. The Morgan fingerprint density at radius 3 is 2.80 bits per heavy atom. The van der Waals surface area contributed by atoms with Crippen molar-refractivity contribution in [2.45, 2.75) is 26.0 Å². The fourth-order valence-corrected chi connectivity index (χ4v) is 2.21. The molecule has 1 heterocycles. The number of nitrogens with one attached hydrogen (secondary N) is 1. The van der Waals surface area contributed by atoms with Crippen molar-refractivity contribution in [3.05, 3.63) is 29.8 Å². The van der Waals surface area contributed by atoms with Crippen molar-refractivity contribution in [3.8, 4) is 6.07 Å². The highest BCUT2D eigenvalue weighted by Crippen LogP contribution is 2.12. The number of rotatable bonds is 3. The second-order valence-electron chi connectivity index (χ2n) is 5.16. The molecule has 5 nitrogen and oxygen atoms in total. The van der Waals surface area contributed by atoms with E-state index in [1.54, 1.807) is 24.3 Å². The maximum absolute atomic E-state index is 12.0. The number of amides is 1. The molecule has 1 saturated heterocycles. The average Bonchev–Trinajstić information content (AvgIpc) is 2.43. The zero-order valence-corrected chi connectivity index (χ0v) is 11.8. The average molecular weight is 273 g/mol. The van der Waals surface area contributed by atoms with Gasteiger partial charge in [0.25, 0.3) is 0 Å². The van der Waals surface area contributed by atoms with Crippen LogP contribution < -0.4 is 5.32 Å². The number of nitrogens with zero attached hydrogens (tertiary/aromatic N) is 2. The fourth-order valence-electron chi connectivity index (χ4n) is 2.21. The van der Waals surface area contributed by atoms with Crippen LogP contribution in [0.1, 0.15) is 19.4 Å². The molecule has 1 aromatic rings. The third kappa shape index (κ3) is 3.80. The van der Waals surface area contributed by atoms with E-state index in [1.807, 2.05) is 13.0 Å². The van der Waals surface area contributed by atoms with Gasteiger partial charge in [-0.1, -0.05) is 0 Å². The van der Waals surface area contributed by atoms with Crippen molar-refractivity contribution in [3.63, 3.8) is 0 Å². The van der Waals surface area contributed by atoms with Crippen LogP contribution in [0.2, 0.25) is 0 Å². The molecule has 1 fully saturated rings. The number of benzene rings is 1. The summed E-state index contributed by atoms with van der Waals surface area (Å²) < 4.78 is 5.54. The number of carbonyl (C=O) groups excluding carboxylic acids is 1. The van der Waals surface area contributed by atoms with Gasteiger partial charge in [-0.25, -0.2) is 0 Å². The first-order chi connectivity index (χ1) is 9.58. The smallest absolute Gasteiger partial charge is 0.238 e. The molecule has 0 bridgehead atoms. The van der Waals surface area contributed by atoms with Gasteiger partial charge in [0.05, 0.1) is 30.9 Å². The van der Waals surface area contributed by atoms with E-state index in [0.29, 0.717) is 24.4 Å². The van der Waals surface area contributed by atoms with Gasteiger partial charge < -0.3 is 10.1 Å². The van der Waals surface area contributed by atoms with E-state index in [1.165, 1.54) is 0 Å². The first-order valence-corrected chi connectivity index (χ1v) is 6.74. The van der Waals surface area contributed by atoms with E-state index in [4.69, 9.17) is 10.00 Å². The van der Waals surface area contributed by atoms with E-state index in [9.17, 15) is 4.79 Å². The normalized spacial score (nSPS) is 23.1. The van der Waals surface area contributed by atoms with Crippen LogP contribution in [0.25, 0.3) is 0 Å². The van der Waals surface area contributed by atoms with Crippen molar-refractivity contribution in [1.29, 1.82) is 5.26 Å². The molecule has 0 aliphatic carbocycles. The van der Waals surface area contributed by atoms with Crippen LogP contribution in [0.5, 0.6) is 0 Å². The molecule has 0 saturated carbocycles. The topological polar surface area (TPSA) is 65.4 Å². The first-order valence-electron chi connectivity index (χ1n) is 6.74. The Morgan fingerprint density at radius 2 is 2.15 bits per heavy atom. The summed E-state index contributed by atoms with van der Waals surface area (Å²) in [6.45, 7) is 5.85. The monoisotopic (exact) mass is 273 g/mol. The van der Waals surface area contributed by atoms with Crippen LogP contribution in [0.3, 0.4) is 0 Å². The molecule has 5 heteroatoms. The molecule has 2 rings (SSSR count). The number of ether oxygens (including phenoxy) is 1. The van der Waals surface area contributed by atoms with Crippen LogP contribution >= 0.6 is 0 Å². The van der Waals surface area contributed by atoms with E-state index >= 15 is 0 Å². The van der Waals surface area contributed by atoms with Gasteiger partial charge in [0.2, 0.25) is 5.91 Å². The number of hydrogen-bond donors (Lipinski definition) is 1. The Labute approximate surface area is 119 Å². The number of anilines is 1. The third-order valence-electron chi connectivity index (χ3n) is 3.38. The number of carbonyl (C=O) groups is 1. The maximum Gasteiger partial charge on any atom is 0.238 e. The molecule has 0 aromatic heterocycles. The van der Waals surface area contributed by atoms with Gasteiger partial charge in [0.15, 0.2) is 0 Å². The van der Waals surface area contributed by atoms with Gasteiger partial charge in [0.1, 0.15) is 0 Å². The predicted molar refractivity (Wildman–Crippen MR) is 76.2 cm³/mol. The fraction of sp³-hybridized carbons (Fsp3) is 0.467. The van der Waals surface area contributed by atoms with E-state index < -0.39 is 0 Å². The molecule has 1 N–H and O–H groups in total. The molecule has 1 aliphatic heterocycles. The van der Waals surface area contributed by atoms with E-state index in [2.05, 4.69) is 17.1 Å². The second-order valence-corrected chi connectivity index (χ2v) is 5.16. The SMILES string of the molecule is CC1CN(CC(=O)Nc2ccc(C#N)cc2)C(C)CO1. The summed E-state index contributed by atoms with van der Waals surface area (Å²) in [5, 5.41) is 11.6. The minimum Gasteiger partial charge on any atom is -0.376 e. The zero-order valence-electron chi connectivity index (χ0n) is 11.8. The standard InChI is InChI=1S/C15H19N3O2/c1-11-10-20-12(2)8-18(11)9-15(19)17-14-5-3-13(7-16)4-6-14/h3-6,11-12H,8-10H2,1-2H3,(H,17,19). The second kappa shape index (κ2) is 6.51. The zero-order chi connectivity index (χ0) is 14.5. The Kier molecular flexibility index (Phi) is 4.72. The molecular weight excluding hydrogens is 254 g/mol. The van der Waals surface area contributed by atoms with E-state index in [-0.39, 0.29) is 18.1 Å². The molecule has 2 unspecified atom stereocenters. The summed E-state index contributed by atoms with van der Waals surface area (Å²) in [6, 6.07) is 9.15. The molecule has 1 aromatic carbocycles. The van der Waals surface area contributed by atoms with Crippen molar-refractivity contribution in [2.75, 3.05) is 25.0 Å². The molecule has 106 valence electrons. The molecule has 1 amide bonds. The molecule has 0 radical (unpaired) electrons. The molecule has 0 spiro atoms. The molecular formula is C15H19N3O2. The van der Waals surface area contributed by atoms with Crippen LogP contribution in [-0.4, -0.2) is 42.6 Å². The highest BCUT2D eigenvalue weighted by atomic mass is 16.5. The Balaban J connectivity index is 1.89. The van der Waals surface area contributed by atoms with E-state index in [0.717, 1.165) is 6.54 Å². The summed E-state index contributed by atoms with van der Waals surface area (Å²) in [7, 11) is 0. The minimum absolute atomic E-state index is 0.0457. The van der Waals surface area contributed by atoms with Gasteiger partial charge in [-0.15, -0.1) is 0 Å². The lowest BCUT2D eigenvalue weighted by Crippen LogP contribution is -2.50. The number of hydrogen-bond acceptors (Lipinski definition) is 4. The largest absolute Gasteiger partial charge is 0.376 e. The van der Waals surface area contributed by atoms with Gasteiger partial charge in [0, 0.05) is 18.3 Å². The van der Waals surface area contributed by atoms with Crippen LogP contribution in [0.15, 0.2) is 24.3 Å². The van der Waals surface area contributed by atoms with Gasteiger partial charge in [-0.2, -0.15) is 5.26 Å². The summed E-state index contributed by atoms with van der Waals surface area (Å²) in [5.41, 5.74) is 1.29. The van der Waals surface area contributed by atoms with Gasteiger partial charge in [-0.3, -0.25) is 9.69 Å². The lowest BCUT2D eigenvalue weighted by molar-refractivity contribution is -0.121. The number of nitriles is 1. The van der Waals surface area contributed by atoms with Crippen LogP contribution in [0.4, 0.5) is 5.69 Å². The lowest BCUT2D eigenvalue weighted by Gasteiger charge is -2.36. The Morgan fingerprint density at radius 1 is 1.45 bits per heavy atom. The quantitative estimate of drug-likeness (QED) is 0.908. The first kappa shape index (κ1) is 14.5. The third-order valence-corrected chi connectivity index (χ3v) is 3.38. The summed E-state index contributed by atoms with van der Waals surface area (Å²) >= 11 is 0. The van der Waals surface area contributed by atoms with Crippen molar-refractivity contribution in [2.24, 2.45) is 0 Å². The van der Waals surface area contributed by atoms with Gasteiger partial charge in [-0.05, 0) is 38.1 Å². The predicted octanol–water partition coefficient (Wildman–Crippen LogP) is 1.61. The van der Waals surface area contributed by atoms with Crippen LogP contribution in [-0.2, 0) is 9.53 Å². The highest BCUT2D eigenvalue weighted by Gasteiger charge is 2.24.